The first kappa shape index (κ1) is 35.0. The number of carboxylic acid groups (broad SMARTS) is 1. The van der Waals surface area contributed by atoms with Crippen LogP contribution in [0.5, 0.6) is 0 Å². The van der Waals surface area contributed by atoms with Crippen LogP contribution in [-0.4, -0.2) is 82.3 Å². The highest BCUT2D eigenvalue weighted by molar-refractivity contribution is 5.95. The van der Waals surface area contributed by atoms with E-state index in [2.05, 4.69) is 25.9 Å². The second kappa shape index (κ2) is 17.1. The van der Waals surface area contributed by atoms with Crippen LogP contribution in [0, 0.1) is 0 Å². The third-order valence-electron chi connectivity index (χ3n) is 6.64. The number of aromatic amines is 1. The fourth-order valence-electron chi connectivity index (χ4n) is 4.30. The number of fused-ring (bicyclic) bond motifs is 1. The molecule has 240 valence electrons. The average molecular weight is 617 g/mol. The molecule has 0 saturated heterocycles. The first-order chi connectivity index (χ1) is 20.8. The standard InChI is InChI=1S/C27H40N10O7/c28-16(7-9-21(29)38)23(40)37-20(12-14-13-34-17-5-2-1-4-15(14)17)25(42)35-18(6-3-11-33-27(31)32)24(41)36-19(26(43)44)8-10-22(30)39/h1-2,4-5,13,16,18-20,34H,3,6-12,28H2,(H2,29,38)(H2,30,39)(H,35,42)(H,36,41)(H,37,40)(H,43,44)(H4,31,32,33). The molecule has 0 bridgehead atoms. The second-order valence-corrected chi connectivity index (χ2v) is 10.2. The number of guanidine groups is 1. The van der Waals surface area contributed by atoms with Gasteiger partial charge in [0.05, 0.1) is 6.04 Å². The molecule has 4 atom stereocenters. The Hall–Kier alpha value is -5.19. The molecule has 1 heterocycles. The predicted octanol–water partition coefficient (Wildman–Crippen LogP) is -2.84. The van der Waals surface area contributed by atoms with Crippen LogP contribution in [0.2, 0.25) is 0 Å². The van der Waals surface area contributed by atoms with Gasteiger partial charge in [-0.2, -0.15) is 0 Å². The lowest BCUT2D eigenvalue weighted by atomic mass is 10.0. The van der Waals surface area contributed by atoms with E-state index in [9.17, 15) is 33.9 Å². The summed E-state index contributed by atoms with van der Waals surface area (Å²) < 4.78 is 0. The molecule has 1 aromatic carbocycles. The Morgan fingerprint density at radius 1 is 0.795 bits per heavy atom. The van der Waals surface area contributed by atoms with Crippen LogP contribution >= 0.6 is 0 Å². The van der Waals surface area contributed by atoms with Crippen molar-refractivity contribution < 1.29 is 33.9 Å². The van der Waals surface area contributed by atoms with Crippen molar-refractivity contribution in [2.75, 3.05) is 6.54 Å². The van der Waals surface area contributed by atoms with Crippen molar-refractivity contribution in [3.8, 4) is 0 Å². The van der Waals surface area contributed by atoms with Crippen LogP contribution in [0.25, 0.3) is 10.9 Å². The van der Waals surface area contributed by atoms with E-state index in [0.717, 1.165) is 10.9 Å². The summed E-state index contributed by atoms with van der Waals surface area (Å²) in [7, 11) is 0. The number of nitrogens with one attached hydrogen (secondary N) is 4. The molecule has 17 nitrogen and oxygen atoms in total. The van der Waals surface area contributed by atoms with Gasteiger partial charge in [-0.15, -0.1) is 0 Å². The number of aliphatic carboxylic acids is 1. The molecule has 0 saturated carbocycles. The van der Waals surface area contributed by atoms with Gasteiger partial charge in [0.2, 0.25) is 29.5 Å². The molecule has 44 heavy (non-hydrogen) atoms. The maximum Gasteiger partial charge on any atom is 0.326 e. The van der Waals surface area contributed by atoms with Gasteiger partial charge in [-0.25, -0.2) is 4.79 Å². The van der Waals surface area contributed by atoms with Crippen LogP contribution in [0.3, 0.4) is 0 Å². The van der Waals surface area contributed by atoms with Crippen molar-refractivity contribution in [1.82, 2.24) is 20.9 Å². The lowest BCUT2D eigenvalue weighted by Crippen LogP contribution is -2.57. The Bertz CT molecular complexity index is 1370. The maximum absolute atomic E-state index is 13.6. The summed E-state index contributed by atoms with van der Waals surface area (Å²) in [6.07, 6.45) is 1.10. The smallest absolute Gasteiger partial charge is 0.326 e. The first-order valence-electron chi connectivity index (χ1n) is 13.8. The van der Waals surface area contributed by atoms with Crippen LogP contribution in [-0.2, 0) is 35.2 Å². The Labute approximate surface area is 252 Å². The molecule has 4 unspecified atom stereocenters. The Balaban J connectivity index is 2.32. The number of aromatic nitrogens is 1. The van der Waals surface area contributed by atoms with E-state index < -0.39 is 59.7 Å². The van der Waals surface area contributed by atoms with Crippen LogP contribution in [0.4, 0.5) is 0 Å². The summed E-state index contributed by atoms with van der Waals surface area (Å²) in [5, 5.41) is 17.8. The van der Waals surface area contributed by atoms with Crippen LogP contribution in [0.1, 0.15) is 44.1 Å². The zero-order chi connectivity index (χ0) is 32.8. The van der Waals surface area contributed by atoms with E-state index in [0.29, 0.717) is 5.56 Å². The van der Waals surface area contributed by atoms with Crippen molar-refractivity contribution in [3.63, 3.8) is 0 Å². The van der Waals surface area contributed by atoms with Gasteiger partial charge < -0.3 is 54.7 Å². The minimum Gasteiger partial charge on any atom is -0.480 e. The fourth-order valence-corrected chi connectivity index (χ4v) is 4.30. The largest absolute Gasteiger partial charge is 0.480 e. The maximum atomic E-state index is 13.6. The molecule has 5 amide bonds. The molecule has 1 aromatic heterocycles. The van der Waals surface area contributed by atoms with Gasteiger partial charge in [0.25, 0.3) is 0 Å². The molecule has 2 aromatic rings. The van der Waals surface area contributed by atoms with Crippen LogP contribution in [0.15, 0.2) is 35.5 Å². The molecule has 0 aliphatic rings. The Morgan fingerprint density at radius 3 is 2.02 bits per heavy atom. The van der Waals surface area contributed by atoms with Crippen LogP contribution < -0.4 is 44.6 Å². The first-order valence-corrected chi connectivity index (χ1v) is 13.8. The normalized spacial score (nSPS) is 13.6. The topological polar surface area (TPSA) is 317 Å². The number of carbonyl (C=O) groups is 6. The van der Waals surface area contributed by atoms with Gasteiger partial charge in [0.15, 0.2) is 5.96 Å². The molecule has 0 aliphatic heterocycles. The molecular weight excluding hydrogens is 576 g/mol. The zero-order valence-electron chi connectivity index (χ0n) is 24.1. The fraction of sp³-hybridized carbons (Fsp3) is 0.444. The summed E-state index contributed by atoms with van der Waals surface area (Å²) in [6, 6.07) is 2.16. The number of nitrogens with zero attached hydrogens (tertiary/aromatic N) is 1. The third kappa shape index (κ3) is 11.6. The van der Waals surface area contributed by atoms with E-state index in [-0.39, 0.29) is 57.5 Å². The number of carbonyl (C=O) groups excluding carboxylic acids is 5. The minimum atomic E-state index is -1.46. The third-order valence-corrected chi connectivity index (χ3v) is 6.64. The number of benzene rings is 1. The van der Waals surface area contributed by atoms with E-state index in [1.54, 1.807) is 12.3 Å². The van der Waals surface area contributed by atoms with E-state index in [4.69, 9.17) is 28.7 Å². The summed E-state index contributed by atoms with van der Waals surface area (Å²) in [5.41, 5.74) is 28.4. The zero-order valence-corrected chi connectivity index (χ0v) is 24.1. The lowest BCUT2D eigenvalue weighted by Gasteiger charge is -2.25. The Morgan fingerprint density at radius 2 is 1.39 bits per heavy atom. The van der Waals surface area contributed by atoms with Gasteiger partial charge in [-0.1, -0.05) is 18.2 Å². The number of hydrogen-bond acceptors (Lipinski definition) is 8. The number of primary amides is 2. The molecular formula is C27H40N10O7. The number of carboxylic acids is 1. The molecule has 15 N–H and O–H groups in total. The predicted molar refractivity (Wildman–Crippen MR) is 160 cm³/mol. The molecule has 0 aliphatic carbocycles. The minimum absolute atomic E-state index is 0.0111. The van der Waals surface area contributed by atoms with Gasteiger partial charge >= 0.3 is 5.97 Å². The SMILES string of the molecule is NC(=O)CCC(N)C(=O)NC(Cc1c[nH]c2ccccc12)C(=O)NC(CCCN=C(N)N)C(=O)NC(CCC(N)=O)C(=O)O. The van der Waals surface area contributed by atoms with E-state index in [1.165, 1.54) is 0 Å². The van der Waals surface area contributed by atoms with E-state index >= 15 is 0 Å². The van der Waals surface area contributed by atoms with Crippen molar-refractivity contribution in [2.45, 2.75) is 69.1 Å². The van der Waals surface area contributed by atoms with Crippen molar-refractivity contribution in [3.05, 3.63) is 36.0 Å². The molecule has 0 radical (unpaired) electrons. The molecule has 0 spiro atoms. The lowest BCUT2D eigenvalue weighted by molar-refractivity contribution is -0.142. The van der Waals surface area contributed by atoms with Crippen molar-refractivity contribution in [2.24, 2.45) is 33.7 Å². The van der Waals surface area contributed by atoms with Gasteiger partial charge in [-0.3, -0.25) is 29.0 Å². The van der Waals surface area contributed by atoms with Gasteiger partial charge in [-0.05, 0) is 37.3 Å². The molecule has 17 heteroatoms. The highest BCUT2D eigenvalue weighted by Crippen LogP contribution is 2.19. The number of H-pyrrole nitrogens is 1. The second-order valence-electron chi connectivity index (χ2n) is 10.2. The van der Waals surface area contributed by atoms with Crippen molar-refractivity contribution >= 4 is 52.4 Å². The number of para-hydroxylation sites is 1. The highest BCUT2D eigenvalue weighted by atomic mass is 16.4. The van der Waals surface area contributed by atoms with Gasteiger partial charge in [0, 0.05) is 42.9 Å². The Kier molecular flexibility index (Phi) is 13.6. The summed E-state index contributed by atoms with van der Waals surface area (Å²) in [4.78, 5) is 80.8. The monoisotopic (exact) mass is 616 g/mol. The number of nitrogens with two attached hydrogens (primary N) is 5. The summed E-state index contributed by atoms with van der Waals surface area (Å²) in [6.45, 7) is 0.107. The summed E-state index contributed by atoms with van der Waals surface area (Å²) in [5.74, 6) is -5.32. The highest BCUT2D eigenvalue weighted by Gasteiger charge is 2.31. The molecule has 0 fully saturated rings. The van der Waals surface area contributed by atoms with Crippen molar-refractivity contribution in [1.29, 1.82) is 0 Å². The summed E-state index contributed by atoms with van der Waals surface area (Å²) >= 11 is 0. The quantitative estimate of drug-likeness (QED) is 0.0438. The number of rotatable bonds is 19. The number of hydrogen-bond donors (Lipinski definition) is 10. The molecule has 2 rings (SSSR count). The van der Waals surface area contributed by atoms with Gasteiger partial charge in [0.1, 0.15) is 18.1 Å². The average Bonchev–Trinajstić information content (AvgIpc) is 3.37. The van der Waals surface area contributed by atoms with E-state index in [1.807, 2.05) is 18.2 Å². The number of aliphatic imine (C=N–C) groups is 1. The number of amides is 5.